The highest BCUT2D eigenvalue weighted by Gasteiger charge is 2.21. The molecule has 0 amide bonds. The van der Waals surface area contributed by atoms with Crippen LogP contribution in [-0.4, -0.2) is 61.8 Å². The molecule has 3 N–H and O–H groups in total. The summed E-state index contributed by atoms with van der Waals surface area (Å²) in [6, 6.07) is 0. The van der Waals surface area contributed by atoms with Gasteiger partial charge in [-0.05, 0) is 14.1 Å². The van der Waals surface area contributed by atoms with Gasteiger partial charge in [-0.25, -0.2) is 24.2 Å². The summed E-state index contributed by atoms with van der Waals surface area (Å²) in [4.78, 5) is 9.51. The Hall–Kier alpha value is -1.29. The van der Waals surface area contributed by atoms with Crippen LogP contribution in [0.15, 0.2) is 17.3 Å². The van der Waals surface area contributed by atoms with Crippen LogP contribution in [0.3, 0.4) is 0 Å². The number of anilines is 1. The van der Waals surface area contributed by atoms with Crippen molar-refractivity contribution >= 4 is 16.0 Å². The molecule has 0 unspecified atom stereocenters. The molecule has 102 valence electrons. The predicted molar refractivity (Wildman–Crippen MR) is 68.2 cm³/mol. The second kappa shape index (κ2) is 6.05. The first-order chi connectivity index (χ1) is 8.37. The van der Waals surface area contributed by atoms with Crippen LogP contribution in [0.2, 0.25) is 0 Å². The predicted octanol–water partition coefficient (Wildman–Crippen LogP) is -1.06. The van der Waals surface area contributed by atoms with Crippen molar-refractivity contribution in [3.05, 3.63) is 12.4 Å². The lowest BCUT2D eigenvalue weighted by atomic mass is 10.6. The zero-order chi connectivity index (χ0) is 13.8. The van der Waals surface area contributed by atoms with Crippen molar-refractivity contribution in [3.8, 4) is 0 Å². The van der Waals surface area contributed by atoms with Gasteiger partial charge in [-0.2, -0.15) is 4.31 Å². The Bertz CT molecular complexity index is 472. The Kier molecular flexibility index (Phi) is 4.96. The topological polar surface area (TPSA) is 104 Å². The van der Waals surface area contributed by atoms with E-state index in [1.807, 2.05) is 19.0 Å². The zero-order valence-corrected chi connectivity index (χ0v) is 11.5. The minimum atomic E-state index is -3.55. The molecule has 0 aliphatic carbocycles. The van der Waals surface area contributed by atoms with E-state index in [4.69, 9.17) is 5.84 Å². The molecule has 0 atom stereocenters. The lowest BCUT2D eigenvalue weighted by Crippen LogP contribution is -2.33. The number of likely N-dealkylation sites (N-methyl/N-ethyl adjacent to an activating group) is 2. The molecular weight excluding hydrogens is 256 g/mol. The van der Waals surface area contributed by atoms with Crippen LogP contribution >= 0.6 is 0 Å². The van der Waals surface area contributed by atoms with E-state index in [1.54, 1.807) is 0 Å². The summed E-state index contributed by atoms with van der Waals surface area (Å²) in [5, 5.41) is 0. The number of hydrogen-bond donors (Lipinski definition) is 2. The fraction of sp³-hybridized carbons (Fsp3) is 0.556. The summed E-state index contributed by atoms with van der Waals surface area (Å²) in [5.41, 5.74) is 2.24. The van der Waals surface area contributed by atoms with E-state index < -0.39 is 10.0 Å². The van der Waals surface area contributed by atoms with Crippen LogP contribution in [0.4, 0.5) is 5.95 Å². The molecule has 0 saturated carbocycles. The second-order valence-electron chi connectivity index (χ2n) is 4.02. The van der Waals surface area contributed by atoms with Crippen LogP contribution < -0.4 is 11.3 Å². The van der Waals surface area contributed by atoms with Crippen molar-refractivity contribution in [2.45, 2.75) is 4.90 Å². The maximum absolute atomic E-state index is 12.1. The summed E-state index contributed by atoms with van der Waals surface area (Å²) < 4.78 is 25.5. The summed E-state index contributed by atoms with van der Waals surface area (Å²) in [7, 11) is 1.74. The van der Waals surface area contributed by atoms with Gasteiger partial charge < -0.3 is 4.90 Å². The molecule has 9 heteroatoms. The fourth-order valence-corrected chi connectivity index (χ4v) is 2.22. The standard InChI is InChI=1S/C9H18N6O2S/c1-14(2)4-5-15(3)18(16,17)8-6-11-9(13-10)12-7-8/h6-7H,4-5,10H2,1-3H3,(H,11,12,13). The maximum Gasteiger partial charge on any atom is 0.245 e. The molecule has 1 aromatic heterocycles. The van der Waals surface area contributed by atoms with Gasteiger partial charge >= 0.3 is 0 Å². The number of nitrogens with one attached hydrogen (secondary N) is 1. The van der Waals surface area contributed by atoms with Gasteiger partial charge in [-0.15, -0.1) is 0 Å². The Morgan fingerprint density at radius 1 is 1.22 bits per heavy atom. The van der Waals surface area contributed by atoms with Gasteiger partial charge in [0.25, 0.3) is 0 Å². The van der Waals surface area contributed by atoms with Gasteiger partial charge in [0.2, 0.25) is 16.0 Å². The number of hydrogen-bond acceptors (Lipinski definition) is 7. The molecule has 0 aliphatic heterocycles. The first kappa shape index (κ1) is 14.8. The third-order valence-corrected chi connectivity index (χ3v) is 4.14. The van der Waals surface area contributed by atoms with Crippen molar-refractivity contribution in [2.75, 3.05) is 39.7 Å². The van der Waals surface area contributed by atoms with Crippen molar-refractivity contribution < 1.29 is 8.42 Å². The van der Waals surface area contributed by atoms with Gasteiger partial charge in [-0.3, -0.25) is 5.43 Å². The monoisotopic (exact) mass is 274 g/mol. The molecular formula is C9H18N6O2S. The molecule has 1 rings (SSSR count). The van der Waals surface area contributed by atoms with Gasteiger partial charge in [-0.1, -0.05) is 0 Å². The highest BCUT2D eigenvalue weighted by molar-refractivity contribution is 7.89. The van der Waals surface area contributed by atoms with Gasteiger partial charge in [0.05, 0.1) is 12.4 Å². The smallest absolute Gasteiger partial charge is 0.245 e. The summed E-state index contributed by atoms with van der Waals surface area (Å²) in [6.45, 7) is 1.03. The number of hydrazine groups is 1. The molecule has 0 radical (unpaired) electrons. The van der Waals surface area contributed by atoms with E-state index >= 15 is 0 Å². The minimum absolute atomic E-state index is 0.0442. The van der Waals surface area contributed by atoms with E-state index in [1.165, 1.54) is 23.7 Å². The lowest BCUT2D eigenvalue weighted by Gasteiger charge is -2.19. The Morgan fingerprint density at radius 3 is 2.22 bits per heavy atom. The molecule has 0 saturated heterocycles. The Labute approximate surface area is 107 Å². The van der Waals surface area contributed by atoms with Gasteiger partial charge in [0, 0.05) is 20.1 Å². The Balaban J connectivity index is 2.84. The highest BCUT2D eigenvalue weighted by atomic mass is 32.2. The van der Waals surface area contributed by atoms with E-state index in [9.17, 15) is 8.42 Å². The number of aromatic nitrogens is 2. The van der Waals surface area contributed by atoms with Crippen LogP contribution in [0.1, 0.15) is 0 Å². The van der Waals surface area contributed by atoms with Crippen molar-refractivity contribution in [2.24, 2.45) is 5.84 Å². The van der Waals surface area contributed by atoms with Crippen molar-refractivity contribution in [3.63, 3.8) is 0 Å². The Morgan fingerprint density at radius 2 is 1.78 bits per heavy atom. The number of rotatable bonds is 6. The van der Waals surface area contributed by atoms with Crippen LogP contribution in [0.5, 0.6) is 0 Å². The number of nitrogen functional groups attached to an aromatic ring is 1. The fourth-order valence-electron chi connectivity index (χ4n) is 1.16. The molecule has 18 heavy (non-hydrogen) atoms. The zero-order valence-electron chi connectivity index (χ0n) is 10.7. The first-order valence-corrected chi connectivity index (χ1v) is 6.71. The first-order valence-electron chi connectivity index (χ1n) is 5.27. The van der Waals surface area contributed by atoms with E-state index in [0.717, 1.165) is 0 Å². The minimum Gasteiger partial charge on any atom is -0.308 e. The van der Waals surface area contributed by atoms with Crippen molar-refractivity contribution in [1.82, 2.24) is 19.2 Å². The van der Waals surface area contributed by atoms with Gasteiger partial charge in [0.1, 0.15) is 4.90 Å². The largest absolute Gasteiger partial charge is 0.308 e. The van der Waals surface area contributed by atoms with E-state index in [0.29, 0.717) is 13.1 Å². The molecule has 8 nitrogen and oxygen atoms in total. The molecule has 1 aromatic rings. The molecule has 0 aromatic carbocycles. The third-order valence-electron chi connectivity index (χ3n) is 2.33. The molecule has 0 bridgehead atoms. The lowest BCUT2D eigenvalue weighted by molar-refractivity contribution is 0.358. The third kappa shape index (κ3) is 3.60. The average molecular weight is 274 g/mol. The van der Waals surface area contributed by atoms with Crippen LogP contribution in [0.25, 0.3) is 0 Å². The summed E-state index contributed by atoms with van der Waals surface area (Å²) >= 11 is 0. The molecule has 1 heterocycles. The normalized spacial score (nSPS) is 12.1. The second-order valence-corrected chi connectivity index (χ2v) is 6.06. The maximum atomic E-state index is 12.1. The summed E-state index contributed by atoms with van der Waals surface area (Å²) in [5.74, 6) is 5.28. The van der Waals surface area contributed by atoms with Gasteiger partial charge in [0.15, 0.2) is 0 Å². The van der Waals surface area contributed by atoms with Crippen molar-refractivity contribution in [1.29, 1.82) is 0 Å². The number of nitrogens with two attached hydrogens (primary N) is 1. The number of sulfonamides is 1. The highest BCUT2D eigenvalue weighted by Crippen LogP contribution is 2.12. The van der Waals surface area contributed by atoms with Crippen LogP contribution in [-0.2, 0) is 10.0 Å². The molecule has 0 fully saturated rings. The quantitative estimate of drug-likeness (QED) is 0.503. The average Bonchev–Trinajstić information content (AvgIpc) is 2.35. The number of nitrogens with zero attached hydrogens (tertiary/aromatic N) is 4. The van der Waals surface area contributed by atoms with E-state index in [2.05, 4.69) is 15.4 Å². The SMILES string of the molecule is CN(C)CCN(C)S(=O)(=O)c1cnc(NN)nc1. The molecule has 0 aliphatic rings. The molecule has 0 spiro atoms. The van der Waals surface area contributed by atoms with E-state index in [-0.39, 0.29) is 10.8 Å². The summed E-state index contributed by atoms with van der Waals surface area (Å²) in [6.07, 6.45) is 2.45. The van der Waals surface area contributed by atoms with Crippen LogP contribution in [0, 0.1) is 0 Å².